The number of amides is 1. The second-order valence-corrected chi connectivity index (χ2v) is 8.47. The normalized spacial score (nSPS) is 11.5. The molecule has 2 aromatic heterocycles. The minimum Gasteiger partial charge on any atom is -0.337 e. The molecule has 0 aliphatic carbocycles. The number of nitrogens with zero attached hydrogens (tertiary/aromatic N) is 3. The first-order valence-corrected chi connectivity index (χ1v) is 10.6. The van der Waals surface area contributed by atoms with Gasteiger partial charge >= 0.3 is 0 Å². The van der Waals surface area contributed by atoms with Crippen LogP contribution in [0.15, 0.2) is 47.1 Å². The van der Waals surface area contributed by atoms with Crippen LogP contribution in [0, 0.1) is 0 Å². The molecule has 26 heavy (non-hydrogen) atoms. The van der Waals surface area contributed by atoms with Crippen molar-refractivity contribution in [3.8, 4) is 11.1 Å². The highest BCUT2D eigenvalue weighted by molar-refractivity contribution is 8.00. The van der Waals surface area contributed by atoms with Gasteiger partial charge in [0.05, 0.1) is 11.1 Å². The fraction of sp³-hybridized carbons (Fsp3) is 0.350. The van der Waals surface area contributed by atoms with Crippen LogP contribution in [0.4, 0.5) is 0 Å². The third kappa shape index (κ3) is 3.91. The van der Waals surface area contributed by atoms with Gasteiger partial charge in [0.1, 0.15) is 16.2 Å². The number of benzene rings is 1. The molecule has 3 rings (SSSR count). The zero-order valence-electron chi connectivity index (χ0n) is 15.5. The van der Waals surface area contributed by atoms with Gasteiger partial charge in [0.15, 0.2) is 0 Å². The van der Waals surface area contributed by atoms with Crippen LogP contribution in [0.25, 0.3) is 21.3 Å². The molecule has 0 spiro atoms. The molecule has 2 heterocycles. The molecular weight excluding hydrogens is 362 g/mol. The molecule has 0 aliphatic heterocycles. The Balaban J connectivity index is 1.89. The highest BCUT2D eigenvalue weighted by atomic mass is 32.2. The van der Waals surface area contributed by atoms with E-state index in [0.29, 0.717) is 5.75 Å². The summed E-state index contributed by atoms with van der Waals surface area (Å²) in [7, 11) is 0. The number of thiophene rings is 1. The van der Waals surface area contributed by atoms with E-state index >= 15 is 0 Å². The standard InChI is InChI=1S/C20H23N3OS2/c1-13(2)23(14(3)4)17(24)11-26-20-18-16(15-8-6-5-7-9-15)10-25-19(18)21-12-22-20/h5-10,12-14H,11H2,1-4H3. The summed E-state index contributed by atoms with van der Waals surface area (Å²) in [5, 5.41) is 4.04. The second kappa shape index (κ2) is 8.18. The first kappa shape index (κ1) is 18.9. The molecule has 0 N–H and O–H groups in total. The van der Waals surface area contributed by atoms with Crippen LogP contribution < -0.4 is 0 Å². The van der Waals surface area contributed by atoms with Crippen LogP contribution in [0.2, 0.25) is 0 Å². The van der Waals surface area contributed by atoms with Crippen molar-refractivity contribution in [2.45, 2.75) is 44.8 Å². The molecule has 0 bridgehead atoms. The van der Waals surface area contributed by atoms with E-state index in [1.165, 1.54) is 11.8 Å². The van der Waals surface area contributed by atoms with Gasteiger partial charge in [-0.15, -0.1) is 11.3 Å². The second-order valence-electron chi connectivity index (χ2n) is 6.65. The minimum atomic E-state index is 0.142. The Bertz CT molecular complexity index is 882. The van der Waals surface area contributed by atoms with Crippen LogP contribution in [0.5, 0.6) is 0 Å². The van der Waals surface area contributed by atoms with Crippen molar-refractivity contribution >= 4 is 39.2 Å². The average Bonchev–Trinajstić information content (AvgIpc) is 3.05. The number of carbonyl (C=O) groups is 1. The molecule has 4 nitrogen and oxygen atoms in total. The van der Waals surface area contributed by atoms with Gasteiger partial charge in [0.25, 0.3) is 0 Å². The quantitative estimate of drug-likeness (QED) is 0.438. The molecule has 0 unspecified atom stereocenters. The van der Waals surface area contributed by atoms with Crippen LogP contribution >= 0.6 is 23.1 Å². The summed E-state index contributed by atoms with van der Waals surface area (Å²) in [6, 6.07) is 10.6. The van der Waals surface area contributed by atoms with Crippen LogP contribution in [0.3, 0.4) is 0 Å². The maximum Gasteiger partial charge on any atom is 0.233 e. The zero-order valence-corrected chi connectivity index (χ0v) is 17.1. The molecular formula is C20H23N3OS2. The Morgan fingerprint density at radius 3 is 2.46 bits per heavy atom. The van der Waals surface area contributed by atoms with Crippen molar-refractivity contribution in [1.82, 2.24) is 14.9 Å². The molecule has 0 saturated carbocycles. The van der Waals surface area contributed by atoms with Crippen molar-refractivity contribution in [3.63, 3.8) is 0 Å². The lowest BCUT2D eigenvalue weighted by atomic mass is 10.1. The maximum atomic E-state index is 12.7. The number of aromatic nitrogens is 2. The number of fused-ring (bicyclic) bond motifs is 1. The number of carbonyl (C=O) groups excluding carboxylic acids is 1. The van der Waals surface area contributed by atoms with Gasteiger partial charge in [-0.2, -0.15) is 0 Å². The average molecular weight is 386 g/mol. The van der Waals surface area contributed by atoms with Crippen molar-refractivity contribution in [1.29, 1.82) is 0 Å². The fourth-order valence-electron chi connectivity index (χ4n) is 3.16. The van der Waals surface area contributed by atoms with E-state index in [0.717, 1.165) is 26.4 Å². The number of rotatable bonds is 6. The first-order valence-electron chi connectivity index (χ1n) is 8.70. The van der Waals surface area contributed by atoms with E-state index in [9.17, 15) is 4.79 Å². The summed E-state index contributed by atoms with van der Waals surface area (Å²) in [5.41, 5.74) is 2.28. The molecule has 6 heteroatoms. The highest BCUT2D eigenvalue weighted by Crippen LogP contribution is 2.37. The fourth-order valence-corrected chi connectivity index (χ4v) is 5.03. The maximum absolute atomic E-state index is 12.7. The van der Waals surface area contributed by atoms with Crippen molar-refractivity contribution in [2.24, 2.45) is 0 Å². The minimum absolute atomic E-state index is 0.142. The van der Waals surface area contributed by atoms with Crippen LogP contribution in [-0.4, -0.2) is 38.6 Å². The van der Waals surface area contributed by atoms with Crippen LogP contribution in [0.1, 0.15) is 27.7 Å². The predicted octanol–water partition coefficient (Wildman–Crippen LogP) is 5.10. The number of thioether (sulfide) groups is 1. The van der Waals surface area contributed by atoms with Crippen molar-refractivity contribution in [3.05, 3.63) is 42.0 Å². The first-order chi connectivity index (χ1) is 12.5. The summed E-state index contributed by atoms with van der Waals surface area (Å²) in [5.74, 6) is 0.523. The summed E-state index contributed by atoms with van der Waals surface area (Å²) in [6.45, 7) is 8.21. The Morgan fingerprint density at radius 2 is 1.81 bits per heavy atom. The molecule has 0 saturated heterocycles. The largest absolute Gasteiger partial charge is 0.337 e. The Hall–Kier alpha value is -1.92. The Kier molecular flexibility index (Phi) is 5.94. The molecule has 136 valence electrons. The van der Waals surface area contributed by atoms with Crippen LogP contribution in [-0.2, 0) is 4.79 Å². The third-order valence-electron chi connectivity index (χ3n) is 4.15. The van der Waals surface area contributed by atoms with Gasteiger partial charge in [0.2, 0.25) is 5.91 Å². The Labute approximate surface area is 162 Å². The molecule has 1 aromatic carbocycles. The summed E-state index contributed by atoms with van der Waals surface area (Å²) >= 11 is 3.11. The van der Waals surface area contributed by atoms with Gasteiger partial charge in [0, 0.05) is 23.0 Å². The lowest BCUT2D eigenvalue weighted by Crippen LogP contribution is -2.43. The monoisotopic (exact) mass is 385 g/mol. The molecule has 0 fully saturated rings. The molecule has 3 aromatic rings. The van der Waals surface area contributed by atoms with Gasteiger partial charge in [-0.3, -0.25) is 4.79 Å². The van der Waals surface area contributed by atoms with Gasteiger partial charge in [-0.05, 0) is 33.3 Å². The van der Waals surface area contributed by atoms with E-state index < -0.39 is 0 Å². The lowest BCUT2D eigenvalue weighted by Gasteiger charge is -2.30. The predicted molar refractivity (Wildman–Crippen MR) is 111 cm³/mol. The zero-order chi connectivity index (χ0) is 18.7. The topological polar surface area (TPSA) is 46.1 Å². The third-order valence-corrected chi connectivity index (χ3v) is 6.01. The van der Waals surface area contributed by atoms with E-state index in [-0.39, 0.29) is 18.0 Å². The molecule has 0 aliphatic rings. The number of hydrogen-bond acceptors (Lipinski definition) is 5. The summed E-state index contributed by atoms with van der Waals surface area (Å²) < 4.78 is 0. The van der Waals surface area contributed by atoms with Gasteiger partial charge < -0.3 is 4.90 Å². The van der Waals surface area contributed by atoms with E-state index in [2.05, 4.69) is 55.2 Å². The summed E-state index contributed by atoms with van der Waals surface area (Å²) in [4.78, 5) is 24.5. The lowest BCUT2D eigenvalue weighted by molar-refractivity contribution is -0.131. The number of hydrogen-bond donors (Lipinski definition) is 0. The molecule has 0 atom stereocenters. The summed E-state index contributed by atoms with van der Waals surface area (Å²) in [6.07, 6.45) is 1.59. The van der Waals surface area contributed by atoms with E-state index in [1.54, 1.807) is 17.7 Å². The Morgan fingerprint density at radius 1 is 1.12 bits per heavy atom. The van der Waals surface area contributed by atoms with Gasteiger partial charge in [-0.25, -0.2) is 9.97 Å². The smallest absolute Gasteiger partial charge is 0.233 e. The van der Waals surface area contributed by atoms with Gasteiger partial charge in [-0.1, -0.05) is 42.1 Å². The van der Waals surface area contributed by atoms with Crippen molar-refractivity contribution in [2.75, 3.05) is 5.75 Å². The van der Waals surface area contributed by atoms with E-state index in [1.807, 2.05) is 23.1 Å². The highest BCUT2D eigenvalue weighted by Gasteiger charge is 2.21. The molecule has 0 radical (unpaired) electrons. The molecule has 1 amide bonds. The van der Waals surface area contributed by atoms with Crippen molar-refractivity contribution < 1.29 is 4.79 Å². The van der Waals surface area contributed by atoms with E-state index in [4.69, 9.17) is 0 Å². The SMILES string of the molecule is CC(C)N(C(=O)CSc1ncnc2scc(-c3ccccc3)c12)C(C)C.